The summed E-state index contributed by atoms with van der Waals surface area (Å²) in [6.07, 6.45) is 4.08. The number of piperidine rings is 1. The zero-order chi connectivity index (χ0) is 17.0. The summed E-state index contributed by atoms with van der Waals surface area (Å²) in [6.45, 7) is 8.61. The van der Waals surface area contributed by atoms with Gasteiger partial charge in [-0.2, -0.15) is 0 Å². The van der Waals surface area contributed by atoms with Crippen molar-refractivity contribution in [3.63, 3.8) is 0 Å². The van der Waals surface area contributed by atoms with E-state index in [-0.39, 0.29) is 24.0 Å². The quantitative estimate of drug-likeness (QED) is 0.271. The van der Waals surface area contributed by atoms with E-state index in [4.69, 9.17) is 4.74 Å². The molecule has 2 rings (SSSR count). The smallest absolute Gasteiger partial charge is 0.191 e. The average Bonchev–Trinajstić information content (AvgIpc) is 2.62. The molecule has 142 valence electrons. The Morgan fingerprint density at radius 1 is 1.08 bits per heavy atom. The molecular weight excluding hydrogens is 427 g/mol. The van der Waals surface area contributed by atoms with Gasteiger partial charge in [0.2, 0.25) is 0 Å². The summed E-state index contributed by atoms with van der Waals surface area (Å²) in [7, 11) is 1.71. The fourth-order valence-electron chi connectivity index (χ4n) is 2.91. The third-order valence-corrected chi connectivity index (χ3v) is 4.24. The summed E-state index contributed by atoms with van der Waals surface area (Å²) in [5, 5.41) is 6.52. The number of hydrogen-bond acceptors (Lipinski definition) is 3. The molecule has 0 spiro atoms. The van der Waals surface area contributed by atoms with E-state index in [1.807, 2.05) is 0 Å². The van der Waals surface area contributed by atoms with Gasteiger partial charge >= 0.3 is 0 Å². The molecule has 1 aliphatic heterocycles. The van der Waals surface area contributed by atoms with Crippen LogP contribution in [0.4, 0.5) is 0 Å². The highest BCUT2D eigenvalue weighted by Gasteiger charge is 2.10. The van der Waals surface area contributed by atoms with Crippen LogP contribution in [-0.4, -0.2) is 50.8 Å². The van der Waals surface area contributed by atoms with Crippen LogP contribution in [0.1, 0.15) is 37.3 Å². The maximum atomic E-state index is 5.06. The molecule has 0 atom stereocenters. The molecule has 6 heteroatoms. The Hall–Kier alpha value is -0.860. The molecule has 1 saturated heterocycles. The van der Waals surface area contributed by atoms with Crippen molar-refractivity contribution in [1.29, 1.82) is 0 Å². The molecule has 1 aromatic rings. The average molecular weight is 460 g/mol. The minimum absolute atomic E-state index is 0. The summed E-state index contributed by atoms with van der Waals surface area (Å²) in [5.41, 5.74) is 2.64. The van der Waals surface area contributed by atoms with Gasteiger partial charge in [0.25, 0.3) is 0 Å². The lowest BCUT2D eigenvalue weighted by atomic mass is 10.1. The number of nitrogens with one attached hydrogen (secondary N) is 2. The first-order valence-corrected chi connectivity index (χ1v) is 9.13. The molecule has 0 radical (unpaired) electrons. The maximum Gasteiger partial charge on any atom is 0.191 e. The van der Waals surface area contributed by atoms with Crippen molar-refractivity contribution >= 4 is 29.9 Å². The predicted molar refractivity (Wildman–Crippen MR) is 116 cm³/mol. The second-order valence-corrected chi connectivity index (χ2v) is 6.27. The minimum Gasteiger partial charge on any atom is -0.383 e. The molecule has 2 N–H and O–H groups in total. The molecular formula is C19H33IN4O. The lowest BCUT2D eigenvalue weighted by Gasteiger charge is -2.26. The Morgan fingerprint density at radius 3 is 2.40 bits per heavy atom. The Morgan fingerprint density at radius 2 is 1.76 bits per heavy atom. The number of rotatable bonds is 8. The van der Waals surface area contributed by atoms with Crippen molar-refractivity contribution in [3.8, 4) is 0 Å². The Balaban J connectivity index is 0.00000312. The third kappa shape index (κ3) is 8.87. The number of methoxy groups -OCH3 is 1. The highest BCUT2D eigenvalue weighted by Crippen LogP contribution is 2.13. The van der Waals surface area contributed by atoms with Crippen molar-refractivity contribution in [2.75, 3.05) is 39.9 Å². The molecule has 1 aliphatic rings. The lowest BCUT2D eigenvalue weighted by Crippen LogP contribution is -2.38. The first kappa shape index (κ1) is 22.2. The van der Waals surface area contributed by atoms with Gasteiger partial charge in [-0.3, -0.25) is 4.90 Å². The highest BCUT2D eigenvalue weighted by molar-refractivity contribution is 14.0. The Bertz CT molecular complexity index is 487. The van der Waals surface area contributed by atoms with Crippen molar-refractivity contribution in [2.45, 2.75) is 39.3 Å². The van der Waals surface area contributed by atoms with Gasteiger partial charge in [-0.25, -0.2) is 4.99 Å². The monoisotopic (exact) mass is 460 g/mol. The number of ether oxygens (including phenoxy) is 1. The van der Waals surface area contributed by atoms with E-state index in [0.717, 1.165) is 25.6 Å². The second-order valence-electron chi connectivity index (χ2n) is 6.27. The first-order valence-electron chi connectivity index (χ1n) is 9.13. The van der Waals surface area contributed by atoms with E-state index in [2.05, 4.69) is 51.7 Å². The normalized spacial score (nSPS) is 15.5. The lowest BCUT2D eigenvalue weighted by molar-refractivity contribution is 0.203. The fraction of sp³-hybridized carbons (Fsp3) is 0.632. The van der Waals surface area contributed by atoms with Crippen LogP contribution in [0.3, 0.4) is 0 Å². The van der Waals surface area contributed by atoms with Crippen LogP contribution >= 0.6 is 24.0 Å². The molecule has 0 saturated carbocycles. The summed E-state index contributed by atoms with van der Waals surface area (Å²) in [6, 6.07) is 8.87. The highest BCUT2D eigenvalue weighted by atomic mass is 127. The zero-order valence-corrected chi connectivity index (χ0v) is 17.9. The largest absolute Gasteiger partial charge is 0.383 e. The van der Waals surface area contributed by atoms with Crippen LogP contribution < -0.4 is 10.6 Å². The van der Waals surface area contributed by atoms with Crippen molar-refractivity contribution in [3.05, 3.63) is 35.4 Å². The van der Waals surface area contributed by atoms with E-state index in [1.54, 1.807) is 7.11 Å². The summed E-state index contributed by atoms with van der Waals surface area (Å²) < 4.78 is 5.06. The van der Waals surface area contributed by atoms with E-state index < -0.39 is 0 Å². The zero-order valence-electron chi connectivity index (χ0n) is 15.6. The van der Waals surface area contributed by atoms with E-state index >= 15 is 0 Å². The molecule has 0 amide bonds. The molecule has 25 heavy (non-hydrogen) atoms. The van der Waals surface area contributed by atoms with Crippen LogP contribution in [0, 0.1) is 0 Å². The summed E-state index contributed by atoms with van der Waals surface area (Å²) in [5.74, 6) is 0.840. The molecule has 5 nitrogen and oxygen atoms in total. The topological polar surface area (TPSA) is 48.9 Å². The number of halogens is 1. The van der Waals surface area contributed by atoms with E-state index in [9.17, 15) is 0 Å². The maximum absolute atomic E-state index is 5.06. The molecule has 0 aromatic heterocycles. The van der Waals surface area contributed by atoms with Crippen molar-refractivity contribution < 1.29 is 4.74 Å². The van der Waals surface area contributed by atoms with Gasteiger partial charge in [0, 0.05) is 26.7 Å². The van der Waals surface area contributed by atoms with Gasteiger partial charge in [-0.1, -0.05) is 30.7 Å². The van der Waals surface area contributed by atoms with Gasteiger partial charge in [0.15, 0.2) is 5.96 Å². The van der Waals surface area contributed by atoms with E-state index in [0.29, 0.717) is 13.2 Å². The van der Waals surface area contributed by atoms with Gasteiger partial charge in [-0.15, -0.1) is 24.0 Å². The van der Waals surface area contributed by atoms with Crippen molar-refractivity contribution in [2.24, 2.45) is 4.99 Å². The van der Waals surface area contributed by atoms with Gasteiger partial charge < -0.3 is 15.4 Å². The molecule has 1 aromatic carbocycles. The van der Waals surface area contributed by atoms with Gasteiger partial charge in [0.05, 0.1) is 13.2 Å². The van der Waals surface area contributed by atoms with Crippen LogP contribution in [0.2, 0.25) is 0 Å². The summed E-state index contributed by atoms with van der Waals surface area (Å²) >= 11 is 0. The molecule has 0 bridgehead atoms. The van der Waals surface area contributed by atoms with Crippen LogP contribution in [0.15, 0.2) is 29.3 Å². The van der Waals surface area contributed by atoms with E-state index in [1.165, 1.54) is 43.5 Å². The predicted octanol–water partition coefficient (Wildman–Crippen LogP) is 2.99. The fourth-order valence-corrected chi connectivity index (χ4v) is 2.91. The number of benzene rings is 1. The van der Waals surface area contributed by atoms with Gasteiger partial charge in [0.1, 0.15) is 0 Å². The Kier molecular flexibility index (Phi) is 11.9. The van der Waals surface area contributed by atoms with Crippen LogP contribution in [0.25, 0.3) is 0 Å². The third-order valence-electron chi connectivity index (χ3n) is 4.24. The number of hydrogen-bond donors (Lipinski definition) is 2. The van der Waals surface area contributed by atoms with Crippen molar-refractivity contribution in [1.82, 2.24) is 15.5 Å². The molecule has 1 fully saturated rings. The molecule has 1 heterocycles. The summed E-state index contributed by atoms with van der Waals surface area (Å²) in [4.78, 5) is 7.18. The molecule has 0 unspecified atom stereocenters. The van der Waals surface area contributed by atoms with Crippen LogP contribution in [0.5, 0.6) is 0 Å². The first-order chi connectivity index (χ1) is 11.8. The number of aliphatic imine (C=N–C) groups is 1. The minimum atomic E-state index is 0. The Labute approximate surface area is 169 Å². The van der Waals surface area contributed by atoms with Gasteiger partial charge in [-0.05, 0) is 44.0 Å². The SMILES string of the molecule is CCNC(=NCc1ccc(CN2CCCCC2)cc1)NCCOC.I. The number of likely N-dealkylation sites (tertiary alicyclic amines) is 1. The number of nitrogens with zero attached hydrogens (tertiary/aromatic N) is 2. The standard InChI is InChI=1S/C19H32N4O.HI/c1-3-20-19(21-11-14-24-2)22-15-17-7-9-18(10-8-17)16-23-12-5-4-6-13-23;/h7-10H,3-6,11-16H2,1-2H3,(H2,20,21,22);1H. The van der Waals surface area contributed by atoms with Crippen LogP contribution in [-0.2, 0) is 17.8 Å². The second kappa shape index (κ2) is 13.4. The molecule has 0 aliphatic carbocycles. The number of guanidine groups is 1.